The molecule has 1 amide bonds. The Morgan fingerprint density at radius 1 is 0.455 bits per heavy atom. The molecule has 6 heteroatoms. The molecule has 3 atom stereocenters. The largest absolute Gasteiger partial charge is 0.462 e. The van der Waals surface area contributed by atoms with Gasteiger partial charge in [-0.25, -0.2) is 0 Å². The maximum absolute atomic E-state index is 13.2. The van der Waals surface area contributed by atoms with Crippen molar-refractivity contribution in [1.29, 1.82) is 0 Å². The summed E-state index contributed by atoms with van der Waals surface area (Å²) >= 11 is 0. The monoisotopic (exact) mass is 914 g/mol. The molecule has 0 rings (SSSR count). The van der Waals surface area contributed by atoms with Gasteiger partial charge < -0.3 is 20.3 Å². The highest BCUT2D eigenvalue weighted by Crippen LogP contribution is 2.17. The molecule has 0 heterocycles. The standard InChI is InChI=1S/C60H99NO5/c1-4-7-10-13-16-19-22-25-27-29-31-34-37-40-43-46-49-52-58(63)57(55-62)61-59(64)54-56(51-48-45-42-39-36-33-24-21-18-15-12-9-6-3)66-60(65)53-50-47-44-41-38-35-32-30-28-26-23-20-17-14-11-8-5-2/h8-9,11-12,14-15,17-18,20-21,23-24,26,28,30,32-33,35-36,38,56-58,62-63H,4-7,10,13,16,19,22,25,27,29,31,34,37,39-55H2,1-3H3,(H,61,64)/b11-8-,12-9+,17-14+,18-15+,23-20+,24-21+,28-26-,32-30+,36-33-,38-35+. The molecule has 0 aromatic carbocycles. The van der Waals surface area contributed by atoms with Crippen molar-refractivity contribution in [2.75, 3.05) is 6.61 Å². The summed E-state index contributed by atoms with van der Waals surface area (Å²) in [5, 5.41) is 23.8. The highest BCUT2D eigenvalue weighted by molar-refractivity contribution is 5.77. The number of aliphatic hydroxyl groups excluding tert-OH is 2. The lowest BCUT2D eigenvalue weighted by atomic mass is 10.0. The Balaban J connectivity index is 4.68. The summed E-state index contributed by atoms with van der Waals surface area (Å²) in [4.78, 5) is 26.2. The Labute approximate surface area is 406 Å². The number of esters is 1. The normalized spacial score (nSPS) is 14.2. The van der Waals surface area contributed by atoms with E-state index >= 15 is 0 Å². The van der Waals surface area contributed by atoms with E-state index in [1.54, 1.807) is 0 Å². The number of carbonyl (C=O) groups is 2. The fraction of sp³-hybridized carbons (Fsp3) is 0.633. The summed E-state index contributed by atoms with van der Waals surface area (Å²) in [5.74, 6) is -0.575. The smallest absolute Gasteiger partial charge is 0.306 e. The second-order valence-electron chi connectivity index (χ2n) is 17.8. The molecule has 6 nitrogen and oxygen atoms in total. The number of aliphatic hydroxyl groups is 2. The van der Waals surface area contributed by atoms with Crippen LogP contribution in [0.5, 0.6) is 0 Å². The Hall–Kier alpha value is -3.74. The van der Waals surface area contributed by atoms with E-state index in [2.05, 4.69) is 62.5 Å². The summed E-state index contributed by atoms with van der Waals surface area (Å²) in [6.07, 6.45) is 72.6. The predicted molar refractivity (Wildman–Crippen MR) is 286 cm³/mol. The van der Waals surface area contributed by atoms with Gasteiger partial charge in [0.25, 0.3) is 0 Å². The van der Waals surface area contributed by atoms with Gasteiger partial charge >= 0.3 is 5.97 Å². The van der Waals surface area contributed by atoms with Gasteiger partial charge in [0.2, 0.25) is 5.91 Å². The average molecular weight is 914 g/mol. The summed E-state index contributed by atoms with van der Waals surface area (Å²) in [6.45, 7) is 6.18. The van der Waals surface area contributed by atoms with Crippen molar-refractivity contribution in [3.63, 3.8) is 0 Å². The lowest BCUT2D eigenvalue weighted by Gasteiger charge is -2.24. The van der Waals surface area contributed by atoms with Crippen molar-refractivity contribution in [1.82, 2.24) is 5.32 Å². The van der Waals surface area contributed by atoms with Crippen molar-refractivity contribution in [2.24, 2.45) is 0 Å². The summed E-state index contributed by atoms with van der Waals surface area (Å²) in [5.41, 5.74) is 0. The van der Waals surface area contributed by atoms with Gasteiger partial charge in [-0.05, 0) is 64.2 Å². The maximum Gasteiger partial charge on any atom is 0.306 e. The van der Waals surface area contributed by atoms with Crippen LogP contribution in [0.2, 0.25) is 0 Å². The molecule has 374 valence electrons. The number of carbonyl (C=O) groups excluding carboxylic acids is 2. The van der Waals surface area contributed by atoms with E-state index in [0.29, 0.717) is 19.3 Å². The second-order valence-corrected chi connectivity index (χ2v) is 17.8. The van der Waals surface area contributed by atoms with Gasteiger partial charge in [0.1, 0.15) is 6.10 Å². The van der Waals surface area contributed by atoms with Crippen LogP contribution in [0, 0.1) is 0 Å². The molecule has 0 aliphatic rings. The first-order valence-electron chi connectivity index (χ1n) is 26.9. The third-order valence-electron chi connectivity index (χ3n) is 11.5. The zero-order valence-electron chi connectivity index (χ0n) is 42.5. The number of amides is 1. The first kappa shape index (κ1) is 62.3. The van der Waals surface area contributed by atoms with Crippen LogP contribution in [-0.4, -0.2) is 46.9 Å². The van der Waals surface area contributed by atoms with Crippen LogP contribution in [0.15, 0.2) is 122 Å². The molecule has 0 aliphatic carbocycles. The van der Waals surface area contributed by atoms with E-state index in [4.69, 9.17) is 4.74 Å². The van der Waals surface area contributed by atoms with Gasteiger partial charge in [0, 0.05) is 6.42 Å². The van der Waals surface area contributed by atoms with Gasteiger partial charge in [0.15, 0.2) is 0 Å². The molecule has 0 spiro atoms. The minimum Gasteiger partial charge on any atom is -0.462 e. The third kappa shape index (κ3) is 46.8. The number of allylic oxidation sites excluding steroid dienone is 20. The molecule has 0 aromatic rings. The molecule has 0 bridgehead atoms. The van der Waals surface area contributed by atoms with E-state index in [9.17, 15) is 19.8 Å². The molecular formula is C60H99NO5. The average Bonchev–Trinajstić information content (AvgIpc) is 3.31. The van der Waals surface area contributed by atoms with E-state index < -0.39 is 18.2 Å². The van der Waals surface area contributed by atoms with Crippen LogP contribution in [0.1, 0.15) is 220 Å². The molecule has 3 unspecified atom stereocenters. The molecular weight excluding hydrogens is 815 g/mol. The molecule has 0 radical (unpaired) electrons. The van der Waals surface area contributed by atoms with Gasteiger partial charge in [-0.2, -0.15) is 0 Å². The third-order valence-corrected chi connectivity index (χ3v) is 11.5. The van der Waals surface area contributed by atoms with E-state index in [-0.39, 0.29) is 24.9 Å². The first-order valence-corrected chi connectivity index (χ1v) is 26.9. The second kappa shape index (κ2) is 52.2. The Kier molecular flexibility index (Phi) is 49.3. The zero-order valence-corrected chi connectivity index (χ0v) is 42.5. The molecule has 0 fully saturated rings. The molecule has 0 aliphatic heterocycles. The van der Waals surface area contributed by atoms with Crippen molar-refractivity contribution >= 4 is 11.9 Å². The summed E-state index contributed by atoms with van der Waals surface area (Å²) in [6, 6.07) is -0.734. The predicted octanol–water partition coefficient (Wildman–Crippen LogP) is 16.5. The number of nitrogens with one attached hydrogen (secondary N) is 1. The van der Waals surface area contributed by atoms with Gasteiger partial charge in [0.05, 0.1) is 25.2 Å². The molecule has 0 aromatic heterocycles. The van der Waals surface area contributed by atoms with Crippen molar-refractivity contribution in [3.8, 4) is 0 Å². The summed E-state index contributed by atoms with van der Waals surface area (Å²) in [7, 11) is 0. The number of ether oxygens (including phenoxy) is 1. The molecule has 66 heavy (non-hydrogen) atoms. The van der Waals surface area contributed by atoms with Crippen LogP contribution in [0.3, 0.4) is 0 Å². The maximum atomic E-state index is 13.2. The van der Waals surface area contributed by atoms with Crippen molar-refractivity contribution in [3.05, 3.63) is 122 Å². The van der Waals surface area contributed by atoms with Crippen LogP contribution >= 0.6 is 0 Å². The number of hydrogen-bond acceptors (Lipinski definition) is 5. The van der Waals surface area contributed by atoms with E-state index in [1.807, 2.05) is 85.1 Å². The van der Waals surface area contributed by atoms with Gasteiger partial charge in [-0.3, -0.25) is 9.59 Å². The van der Waals surface area contributed by atoms with Crippen molar-refractivity contribution in [2.45, 2.75) is 238 Å². The van der Waals surface area contributed by atoms with E-state index in [1.165, 1.54) is 89.9 Å². The van der Waals surface area contributed by atoms with Crippen LogP contribution in [0.4, 0.5) is 0 Å². The Bertz CT molecular complexity index is 1390. The van der Waals surface area contributed by atoms with Crippen LogP contribution in [-0.2, 0) is 14.3 Å². The molecule has 3 N–H and O–H groups in total. The minimum absolute atomic E-state index is 0.0250. The molecule has 0 saturated carbocycles. The molecule has 0 saturated heterocycles. The fourth-order valence-corrected chi connectivity index (χ4v) is 7.53. The highest BCUT2D eigenvalue weighted by Gasteiger charge is 2.24. The number of unbranched alkanes of at least 4 members (excludes halogenated alkanes) is 22. The van der Waals surface area contributed by atoms with Gasteiger partial charge in [-0.15, -0.1) is 0 Å². The minimum atomic E-state index is -0.816. The quantitative estimate of drug-likeness (QED) is 0.0321. The first-order chi connectivity index (χ1) is 32.5. The lowest BCUT2D eigenvalue weighted by Crippen LogP contribution is -2.46. The SMILES string of the molecule is CC\C=C/C=C/C=C/C=C\C=C\C=C\CCCCCC(=O)OC(CCCCC\C=C/C=C/C=C/C=C/CC)CC(=O)NC(CO)C(O)CCCCCCCCCCCCCCCCCCC. The van der Waals surface area contributed by atoms with Crippen LogP contribution < -0.4 is 5.32 Å². The van der Waals surface area contributed by atoms with E-state index in [0.717, 1.165) is 83.5 Å². The lowest BCUT2D eigenvalue weighted by molar-refractivity contribution is -0.151. The fourth-order valence-electron chi connectivity index (χ4n) is 7.53. The number of hydrogen-bond donors (Lipinski definition) is 3. The summed E-state index contributed by atoms with van der Waals surface area (Å²) < 4.78 is 5.90. The van der Waals surface area contributed by atoms with Crippen LogP contribution in [0.25, 0.3) is 0 Å². The van der Waals surface area contributed by atoms with Crippen molar-refractivity contribution < 1.29 is 24.5 Å². The van der Waals surface area contributed by atoms with Gasteiger partial charge in [-0.1, -0.05) is 264 Å². The topological polar surface area (TPSA) is 95.9 Å². The Morgan fingerprint density at radius 2 is 0.818 bits per heavy atom. The number of rotatable bonds is 46. The Morgan fingerprint density at radius 3 is 1.24 bits per heavy atom. The zero-order chi connectivity index (χ0) is 48.1. The highest BCUT2D eigenvalue weighted by atomic mass is 16.5.